The van der Waals surface area contributed by atoms with Gasteiger partial charge in [0.2, 0.25) is 10.0 Å². The number of nitrogens with one attached hydrogen (secondary N) is 1. The molecule has 1 spiro atoms. The Morgan fingerprint density at radius 2 is 1.84 bits per heavy atom. The fourth-order valence-corrected chi connectivity index (χ4v) is 11.9. The minimum Gasteiger partial charge on any atom is -0.490 e. The van der Waals surface area contributed by atoms with Crippen molar-refractivity contribution >= 4 is 33.2 Å². The van der Waals surface area contributed by atoms with Crippen molar-refractivity contribution in [1.29, 1.82) is 0 Å². The molecule has 1 N–H and O–H groups in total. The summed E-state index contributed by atoms with van der Waals surface area (Å²) in [6.07, 6.45) is 10.2. The average Bonchev–Trinajstić information content (AvgIpc) is 3.25. The van der Waals surface area contributed by atoms with Crippen LogP contribution in [0.3, 0.4) is 0 Å². The van der Waals surface area contributed by atoms with Gasteiger partial charge in [-0.15, -0.1) is 0 Å². The van der Waals surface area contributed by atoms with Crippen LogP contribution >= 0.6 is 11.6 Å². The van der Waals surface area contributed by atoms with E-state index < -0.39 is 26.8 Å². The van der Waals surface area contributed by atoms with Crippen LogP contribution in [-0.2, 0) is 26.6 Å². The van der Waals surface area contributed by atoms with Gasteiger partial charge in [-0.3, -0.25) is 14.6 Å². The van der Waals surface area contributed by atoms with E-state index in [9.17, 15) is 13.2 Å². The predicted octanol–water partition coefficient (Wildman–Crippen LogP) is 7.46. The lowest BCUT2D eigenvalue weighted by Crippen LogP contribution is -2.61. The molecular formula is C44H63ClN4O5S. The number of amides is 1. The second-order valence-corrected chi connectivity index (χ2v) is 20.5. The molecule has 2 aromatic carbocycles. The van der Waals surface area contributed by atoms with Crippen LogP contribution in [0.1, 0.15) is 102 Å². The van der Waals surface area contributed by atoms with E-state index in [1.807, 2.05) is 25.1 Å². The van der Waals surface area contributed by atoms with E-state index in [4.69, 9.17) is 21.1 Å². The first kappa shape index (κ1) is 40.6. The van der Waals surface area contributed by atoms with Gasteiger partial charge in [-0.05, 0) is 139 Å². The summed E-state index contributed by atoms with van der Waals surface area (Å²) in [6.45, 7) is 20.6. The molecule has 11 heteroatoms. The van der Waals surface area contributed by atoms with Crippen molar-refractivity contribution in [3.63, 3.8) is 0 Å². The third-order valence-electron chi connectivity index (χ3n) is 13.6. The zero-order valence-electron chi connectivity index (χ0n) is 34.0. The molecule has 1 saturated carbocycles. The summed E-state index contributed by atoms with van der Waals surface area (Å²) in [5.74, 6) is 0.465. The second-order valence-electron chi connectivity index (χ2n) is 18.1. The molecule has 2 aromatic rings. The molecule has 9 nitrogen and oxygen atoms in total. The fourth-order valence-electron chi connectivity index (χ4n) is 10.4. The Balaban J connectivity index is 1.32. The molecule has 3 aliphatic heterocycles. The van der Waals surface area contributed by atoms with E-state index in [1.165, 1.54) is 11.1 Å². The van der Waals surface area contributed by atoms with Crippen molar-refractivity contribution in [2.45, 2.75) is 121 Å². The molecule has 2 bridgehead atoms. The van der Waals surface area contributed by atoms with Crippen molar-refractivity contribution in [3.05, 3.63) is 70.3 Å². The lowest BCUT2D eigenvalue weighted by Gasteiger charge is -2.54. The van der Waals surface area contributed by atoms with E-state index >= 15 is 0 Å². The van der Waals surface area contributed by atoms with Gasteiger partial charge in [0.25, 0.3) is 5.91 Å². The van der Waals surface area contributed by atoms with E-state index in [1.54, 1.807) is 13.0 Å². The normalized spacial score (nSPS) is 33.6. The summed E-state index contributed by atoms with van der Waals surface area (Å²) in [6, 6.07) is 12.6. The number of fused-ring (bicyclic) bond motifs is 4. The highest BCUT2D eigenvalue weighted by atomic mass is 35.5. The van der Waals surface area contributed by atoms with Gasteiger partial charge in [0.15, 0.2) is 0 Å². The van der Waals surface area contributed by atoms with E-state index in [0.717, 1.165) is 87.8 Å². The number of rotatable bonds is 5. The maximum Gasteiger partial charge on any atom is 0.264 e. The van der Waals surface area contributed by atoms with Crippen LogP contribution in [0.5, 0.6) is 5.75 Å². The zero-order valence-corrected chi connectivity index (χ0v) is 35.6. The maximum atomic E-state index is 13.7. The van der Waals surface area contributed by atoms with Crippen LogP contribution in [-0.4, -0.2) is 99.0 Å². The Hall–Kier alpha value is -2.63. The van der Waals surface area contributed by atoms with Crippen LogP contribution in [0.4, 0.5) is 5.69 Å². The molecule has 1 saturated heterocycles. The predicted molar refractivity (Wildman–Crippen MR) is 222 cm³/mol. The number of carbonyl (C=O) groups is 1. The van der Waals surface area contributed by atoms with Crippen molar-refractivity contribution in [3.8, 4) is 5.75 Å². The molecule has 5 aliphatic rings. The molecule has 7 rings (SSSR count). The monoisotopic (exact) mass is 794 g/mol. The third-order valence-corrected chi connectivity index (χ3v) is 15.7. The molecule has 7 atom stereocenters. The topological polar surface area (TPSA) is 91.4 Å². The van der Waals surface area contributed by atoms with Gasteiger partial charge in [0.1, 0.15) is 11.4 Å². The summed E-state index contributed by atoms with van der Waals surface area (Å²) < 4.78 is 43.8. The summed E-state index contributed by atoms with van der Waals surface area (Å²) in [4.78, 5) is 21.4. The van der Waals surface area contributed by atoms with Gasteiger partial charge >= 0.3 is 0 Å². The van der Waals surface area contributed by atoms with Crippen LogP contribution in [0.15, 0.2) is 48.6 Å². The number of allylic oxidation sites excluding steroid dienone is 1. The number of nitrogens with zero attached hydrogens (tertiary/aromatic N) is 3. The largest absolute Gasteiger partial charge is 0.490 e. The standard InChI is InChI=1S/C44H63ClN4O5S/c1-29(2)49-21-20-47(24-32(49)6)27-44(54-30(3)4)19-8-10-31(5)33(7)55(51,52)46-42(50)35-13-17-41-40(23-35)48(25-36-12-15-39(36)44)26-43(28-53-41)18-9-11-34-22-37(45)14-16-38(34)43/h8,13-14,16-17,19,22-23,29-33,36,39H,9-12,15,18,20-21,24-28H2,1-7H3,(H,46,50)/b19-8+/t31-,32+,33+,36-,39+,43-,44-/m0/s1. The van der Waals surface area contributed by atoms with E-state index in [2.05, 4.69) is 78.3 Å². The first-order valence-electron chi connectivity index (χ1n) is 20.8. The molecule has 302 valence electrons. The molecule has 3 heterocycles. The average molecular weight is 796 g/mol. The number of ether oxygens (including phenoxy) is 2. The number of carbonyl (C=O) groups excluding carboxylic acids is 1. The van der Waals surface area contributed by atoms with Crippen LogP contribution in [0.25, 0.3) is 0 Å². The highest BCUT2D eigenvalue weighted by molar-refractivity contribution is 7.90. The van der Waals surface area contributed by atoms with Gasteiger partial charge in [-0.25, -0.2) is 13.1 Å². The number of hydrogen-bond donors (Lipinski definition) is 1. The molecule has 1 amide bonds. The first-order chi connectivity index (χ1) is 26.1. The Morgan fingerprint density at radius 1 is 1.04 bits per heavy atom. The van der Waals surface area contributed by atoms with Gasteiger partial charge in [0.05, 0.1) is 23.6 Å². The van der Waals surface area contributed by atoms with Gasteiger partial charge in [-0.1, -0.05) is 36.7 Å². The van der Waals surface area contributed by atoms with E-state index in [0.29, 0.717) is 36.6 Å². The second kappa shape index (κ2) is 16.0. The molecule has 0 aromatic heterocycles. The van der Waals surface area contributed by atoms with E-state index in [-0.39, 0.29) is 23.4 Å². The Morgan fingerprint density at radius 3 is 2.55 bits per heavy atom. The van der Waals surface area contributed by atoms with Crippen LogP contribution in [0.2, 0.25) is 5.02 Å². The smallest absolute Gasteiger partial charge is 0.264 e. The van der Waals surface area contributed by atoms with Gasteiger partial charge in [0, 0.05) is 67.4 Å². The minimum absolute atomic E-state index is 0.00140. The number of anilines is 1. The lowest BCUT2D eigenvalue weighted by molar-refractivity contribution is -0.140. The Bertz CT molecular complexity index is 1870. The Labute approximate surface area is 335 Å². The number of halogens is 1. The lowest BCUT2D eigenvalue weighted by atomic mass is 9.63. The van der Waals surface area contributed by atoms with Crippen molar-refractivity contribution in [1.82, 2.24) is 14.5 Å². The molecular weight excluding hydrogens is 732 g/mol. The van der Waals surface area contributed by atoms with Gasteiger partial charge < -0.3 is 14.4 Å². The number of benzene rings is 2. The highest BCUT2D eigenvalue weighted by Crippen LogP contribution is 2.50. The summed E-state index contributed by atoms with van der Waals surface area (Å²) in [7, 11) is -3.97. The third kappa shape index (κ3) is 8.23. The van der Waals surface area contributed by atoms with Crippen LogP contribution < -0.4 is 14.4 Å². The minimum atomic E-state index is -3.97. The molecule has 2 aliphatic carbocycles. The Kier molecular flexibility index (Phi) is 11.8. The number of aryl methyl sites for hydroxylation is 1. The molecule has 0 radical (unpaired) electrons. The number of piperazine rings is 1. The maximum absolute atomic E-state index is 13.7. The van der Waals surface area contributed by atoms with Gasteiger partial charge in [-0.2, -0.15) is 0 Å². The fraction of sp³-hybridized carbons (Fsp3) is 0.659. The summed E-state index contributed by atoms with van der Waals surface area (Å²) in [5.41, 5.74) is 2.89. The number of sulfonamides is 1. The zero-order chi connectivity index (χ0) is 39.3. The van der Waals surface area contributed by atoms with Crippen LogP contribution in [0, 0.1) is 17.8 Å². The SMILES string of the molecule is CC(C)O[C@]1(CN2CCN(C(C)C)[C@H](C)C2)/C=C/C[C@H](C)[C@@H](C)S(=O)(=O)NC(=O)c2ccc3c(c2)N(C[C@@H]2CC[C@H]21)C[C@@]1(CCCc2cc(Cl)ccc21)CO3. The van der Waals surface area contributed by atoms with Crippen molar-refractivity contribution in [2.24, 2.45) is 17.8 Å². The number of hydrogen-bond acceptors (Lipinski definition) is 8. The summed E-state index contributed by atoms with van der Waals surface area (Å²) in [5, 5.41) is -0.0314. The summed E-state index contributed by atoms with van der Waals surface area (Å²) >= 11 is 6.53. The highest BCUT2D eigenvalue weighted by Gasteiger charge is 2.51. The van der Waals surface area contributed by atoms with Crippen molar-refractivity contribution < 1.29 is 22.7 Å². The molecule has 2 fully saturated rings. The first-order valence-corrected chi connectivity index (χ1v) is 22.7. The molecule has 0 unspecified atom stereocenters. The van der Waals surface area contributed by atoms with Crippen molar-refractivity contribution in [2.75, 3.05) is 50.8 Å². The molecule has 55 heavy (non-hydrogen) atoms. The quantitative estimate of drug-likeness (QED) is 0.312.